The predicted octanol–water partition coefficient (Wildman–Crippen LogP) is 1.72. The Hall–Kier alpha value is -0.425. The Morgan fingerprint density at radius 1 is 1.44 bits per heavy atom. The molecular weight excluding hydrogens is 130 g/mol. The zero-order valence-corrected chi connectivity index (χ0v) is 6.02. The van der Waals surface area contributed by atoms with E-state index in [1.54, 1.807) is 0 Å². The van der Waals surface area contributed by atoms with Gasteiger partial charge in [0.15, 0.2) is 0 Å². The quantitative estimate of drug-likeness (QED) is 0.517. The molecule has 1 aromatic carbocycles. The summed E-state index contributed by atoms with van der Waals surface area (Å²) in [4.78, 5) is 0. The van der Waals surface area contributed by atoms with Crippen LogP contribution in [0.3, 0.4) is 0 Å². The minimum atomic E-state index is 0.797. The van der Waals surface area contributed by atoms with Crippen LogP contribution in [0.25, 0.3) is 0 Å². The molecule has 0 unspecified atom stereocenters. The lowest BCUT2D eigenvalue weighted by Crippen LogP contribution is -2.08. The van der Waals surface area contributed by atoms with Gasteiger partial charge in [-0.2, -0.15) is 0 Å². The third kappa shape index (κ3) is 1.76. The summed E-state index contributed by atoms with van der Waals surface area (Å²) in [5.41, 5.74) is 1.17. The fourth-order valence-corrected chi connectivity index (χ4v) is 0.885. The molecule has 0 atom stereocenters. The first kappa shape index (κ1) is 6.69. The molecule has 0 fully saturated rings. The SMILES string of the molecule is C[B-]c1cccc(Cl)c1. The van der Waals surface area contributed by atoms with E-state index in [-0.39, 0.29) is 0 Å². The Morgan fingerprint density at radius 3 is 2.67 bits per heavy atom. The van der Waals surface area contributed by atoms with Crippen LogP contribution in [-0.4, -0.2) is 7.28 Å². The summed E-state index contributed by atoms with van der Waals surface area (Å²) in [5.74, 6) is 0. The van der Waals surface area contributed by atoms with Gasteiger partial charge >= 0.3 is 0 Å². The topological polar surface area (TPSA) is 0 Å². The average molecular weight is 137 g/mol. The van der Waals surface area contributed by atoms with E-state index < -0.39 is 0 Å². The monoisotopic (exact) mass is 137 g/mol. The van der Waals surface area contributed by atoms with Crippen LogP contribution in [0, 0.1) is 0 Å². The summed E-state index contributed by atoms with van der Waals surface area (Å²) < 4.78 is 0. The fourth-order valence-electron chi connectivity index (χ4n) is 0.686. The smallest absolute Gasteiger partial charge is 0.0372 e. The standard InChI is InChI=1S/C7H7BCl/c1-8-6-3-2-4-7(9)5-6/h2-5H,1H3/q-1. The summed E-state index contributed by atoms with van der Waals surface area (Å²) in [6.45, 7) is 1.99. The lowest BCUT2D eigenvalue weighted by molar-refractivity contribution is 1.76. The van der Waals surface area contributed by atoms with Crippen molar-refractivity contribution < 1.29 is 0 Å². The first-order valence-electron chi connectivity index (χ1n) is 2.88. The van der Waals surface area contributed by atoms with Gasteiger partial charge in [-0.1, -0.05) is 23.7 Å². The number of hydrogen-bond donors (Lipinski definition) is 0. The van der Waals surface area contributed by atoms with Crippen molar-refractivity contribution in [2.75, 3.05) is 0 Å². The first-order valence-corrected chi connectivity index (χ1v) is 3.25. The van der Waals surface area contributed by atoms with E-state index in [0.29, 0.717) is 0 Å². The Kier molecular flexibility index (Phi) is 2.18. The van der Waals surface area contributed by atoms with Gasteiger partial charge in [-0.3, -0.25) is 5.46 Å². The lowest BCUT2D eigenvalue weighted by atomic mass is 9.74. The molecular formula is C7H7BCl-. The Bertz CT molecular complexity index is 198. The van der Waals surface area contributed by atoms with Gasteiger partial charge in [0.2, 0.25) is 0 Å². The molecule has 0 aliphatic rings. The molecule has 0 N–H and O–H groups in total. The van der Waals surface area contributed by atoms with E-state index >= 15 is 0 Å². The van der Waals surface area contributed by atoms with Crippen molar-refractivity contribution in [3.63, 3.8) is 0 Å². The summed E-state index contributed by atoms with van der Waals surface area (Å²) in [6.07, 6.45) is 0. The molecule has 0 spiro atoms. The maximum Gasteiger partial charge on any atom is 0.0372 e. The van der Waals surface area contributed by atoms with Gasteiger partial charge in [0.05, 0.1) is 0 Å². The highest BCUT2D eigenvalue weighted by Crippen LogP contribution is 2.02. The minimum absolute atomic E-state index is 0.797. The van der Waals surface area contributed by atoms with Crippen LogP contribution < -0.4 is 5.46 Å². The molecule has 0 saturated carbocycles. The normalized spacial score (nSPS) is 9.56. The highest BCUT2D eigenvalue weighted by Gasteiger charge is 1.79. The van der Waals surface area contributed by atoms with Crippen molar-refractivity contribution in [3.8, 4) is 0 Å². The Labute approximate surface area is 61.1 Å². The zero-order chi connectivity index (χ0) is 6.69. The van der Waals surface area contributed by atoms with E-state index in [0.717, 1.165) is 5.02 Å². The van der Waals surface area contributed by atoms with Gasteiger partial charge < -0.3 is 7.28 Å². The molecule has 0 amide bonds. The van der Waals surface area contributed by atoms with Gasteiger partial charge in [-0.05, 0) is 6.07 Å². The Balaban J connectivity index is 2.94. The van der Waals surface area contributed by atoms with Gasteiger partial charge in [-0.25, -0.2) is 6.82 Å². The van der Waals surface area contributed by atoms with Crippen LogP contribution in [0.15, 0.2) is 24.3 Å². The lowest BCUT2D eigenvalue weighted by Gasteiger charge is -2.07. The second-order valence-electron chi connectivity index (χ2n) is 1.84. The maximum atomic E-state index is 5.70. The summed E-state index contributed by atoms with van der Waals surface area (Å²) in [5, 5.41) is 0.797. The average Bonchev–Trinajstić information content (AvgIpc) is 1.88. The van der Waals surface area contributed by atoms with Crippen LogP contribution in [-0.2, 0) is 0 Å². The van der Waals surface area contributed by atoms with Crippen molar-refractivity contribution in [2.45, 2.75) is 6.82 Å². The second-order valence-corrected chi connectivity index (χ2v) is 2.28. The van der Waals surface area contributed by atoms with Crippen molar-refractivity contribution in [1.29, 1.82) is 0 Å². The molecule has 1 rings (SSSR count). The highest BCUT2D eigenvalue weighted by molar-refractivity contribution is 6.52. The van der Waals surface area contributed by atoms with Crippen LogP contribution in [0.1, 0.15) is 0 Å². The summed E-state index contributed by atoms with van der Waals surface area (Å²) in [6, 6.07) is 7.76. The van der Waals surface area contributed by atoms with E-state index in [4.69, 9.17) is 11.6 Å². The third-order valence-electron chi connectivity index (χ3n) is 1.18. The van der Waals surface area contributed by atoms with Gasteiger partial charge in [0, 0.05) is 5.02 Å². The largest absolute Gasteiger partial charge is 0.301 e. The van der Waals surface area contributed by atoms with Crippen molar-refractivity contribution in [2.24, 2.45) is 0 Å². The van der Waals surface area contributed by atoms with E-state index in [1.165, 1.54) is 5.46 Å². The molecule has 9 heavy (non-hydrogen) atoms. The summed E-state index contributed by atoms with van der Waals surface area (Å²) in [7, 11) is 2.02. The maximum absolute atomic E-state index is 5.70. The molecule has 46 valence electrons. The molecule has 2 heteroatoms. The van der Waals surface area contributed by atoms with E-state index in [2.05, 4.69) is 0 Å². The van der Waals surface area contributed by atoms with Crippen molar-refractivity contribution >= 4 is 24.3 Å². The Morgan fingerprint density at radius 2 is 2.22 bits per heavy atom. The number of rotatable bonds is 1. The molecule has 0 aliphatic heterocycles. The predicted molar refractivity (Wildman–Crippen MR) is 42.7 cm³/mol. The summed E-state index contributed by atoms with van der Waals surface area (Å²) >= 11 is 5.70. The van der Waals surface area contributed by atoms with Crippen molar-refractivity contribution in [1.82, 2.24) is 0 Å². The van der Waals surface area contributed by atoms with Gasteiger partial charge in [0.1, 0.15) is 0 Å². The molecule has 2 radical (unpaired) electrons. The number of halogens is 1. The molecule has 0 nitrogen and oxygen atoms in total. The van der Waals surface area contributed by atoms with E-state index in [1.807, 2.05) is 38.4 Å². The molecule has 0 bridgehead atoms. The molecule has 0 saturated heterocycles. The molecule has 0 aliphatic carbocycles. The number of hydrogen-bond acceptors (Lipinski definition) is 0. The fraction of sp³-hybridized carbons (Fsp3) is 0.143. The van der Waals surface area contributed by atoms with Crippen molar-refractivity contribution in [3.05, 3.63) is 29.3 Å². The van der Waals surface area contributed by atoms with Crippen LogP contribution >= 0.6 is 11.6 Å². The van der Waals surface area contributed by atoms with Crippen LogP contribution in [0.4, 0.5) is 0 Å². The van der Waals surface area contributed by atoms with Crippen LogP contribution in [0.5, 0.6) is 0 Å². The zero-order valence-electron chi connectivity index (χ0n) is 5.26. The number of benzene rings is 1. The molecule has 1 aromatic rings. The first-order chi connectivity index (χ1) is 4.33. The van der Waals surface area contributed by atoms with E-state index in [9.17, 15) is 0 Å². The molecule has 0 heterocycles. The minimum Gasteiger partial charge on any atom is -0.301 e. The van der Waals surface area contributed by atoms with Gasteiger partial charge in [-0.15, -0.1) is 6.07 Å². The molecule has 0 aromatic heterocycles. The van der Waals surface area contributed by atoms with Gasteiger partial charge in [0.25, 0.3) is 0 Å². The second kappa shape index (κ2) is 2.93. The highest BCUT2D eigenvalue weighted by atomic mass is 35.5. The third-order valence-corrected chi connectivity index (χ3v) is 1.42. The van der Waals surface area contributed by atoms with Crippen LogP contribution in [0.2, 0.25) is 11.8 Å².